The number of amides is 1. The van der Waals surface area contributed by atoms with Crippen molar-refractivity contribution in [2.45, 2.75) is 39.3 Å². The molecule has 1 atom stereocenters. The number of hydrogen-bond acceptors (Lipinski definition) is 7. The van der Waals surface area contributed by atoms with Crippen LogP contribution in [0.15, 0.2) is 24.3 Å². The molecular weight excluding hydrogens is 410 g/mol. The van der Waals surface area contributed by atoms with E-state index in [0.29, 0.717) is 30.0 Å². The van der Waals surface area contributed by atoms with E-state index in [9.17, 15) is 18.0 Å². The number of hydrogen-bond donors (Lipinski definition) is 0. The van der Waals surface area contributed by atoms with Crippen molar-refractivity contribution < 1.29 is 32.2 Å². The first-order chi connectivity index (χ1) is 14.1. The molecule has 0 bridgehead atoms. The van der Waals surface area contributed by atoms with Crippen LogP contribution in [0.25, 0.3) is 6.08 Å². The molecule has 0 aliphatic carbocycles. The lowest BCUT2D eigenvalue weighted by molar-refractivity contribution is -0.149. The minimum absolute atomic E-state index is 0.000154. The molecule has 1 aromatic carbocycles. The Bertz CT molecular complexity index is 893. The SMILES string of the molecule is CCN(C(=O)COC(=O)/C=C/c1ccc(OC(C)C)c(OC)c1)C1CCS(=O)(=O)C1. The Morgan fingerprint density at radius 3 is 2.57 bits per heavy atom. The Hall–Kier alpha value is -2.55. The molecule has 0 saturated carbocycles. The fourth-order valence-corrected chi connectivity index (χ4v) is 4.96. The lowest BCUT2D eigenvalue weighted by Gasteiger charge is -2.26. The molecule has 9 heteroatoms. The maximum Gasteiger partial charge on any atom is 0.331 e. The minimum atomic E-state index is -3.10. The van der Waals surface area contributed by atoms with E-state index in [4.69, 9.17) is 14.2 Å². The summed E-state index contributed by atoms with van der Waals surface area (Å²) in [5, 5.41) is 0. The topological polar surface area (TPSA) is 99.2 Å². The van der Waals surface area contributed by atoms with Crippen LogP contribution in [0.2, 0.25) is 0 Å². The van der Waals surface area contributed by atoms with Gasteiger partial charge in [0.15, 0.2) is 27.9 Å². The van der Waals surface area contributed by atoms with Gasteiger partial charge in [0.2, 0.25) is 0 Å². The fraction of sp³-hybridized carbons (Fsp3) is 0.524. The maximum absolute atomic E-state index is 12.4. The number of nitrogens with zero attached hydrogens (tertiary/aromatic N) is 1. The summed E-state index contributed by atoms with van der Waals surface area (Å²) in [6.45, 7) is 5.52. The van der Waals surface area contributed by atoms with E-state index in [-0.39, 0.29) is 23.7 Å². The van der Waals surface area contributed by atoms with Gasteiger partial charge in [0, 0.05) is 18.7 Å². The van der Waals surface area contributed by atoms with Gasteiger partial charge in [0.25, 0.3) is 5.91 Å². The van der Waals surface area contributed by atoms with Crippen LogP contribution in [0, 0.1) is 0 Å². The van der Waals surface area contributed by atoms with Gasteiger partial charge in [-0.25, -0.2) is 13.2 Å². The summed E-state index contributed by atoms with van der Waals surface area (Å²) >= 11 is 0. The van der Waals surface area contributed by atoms with Gasteiger partial charge in [-0.1, -0.05) is 6.07 Å². The molecule has 2 rings (SSSR count). The number of benzene rings is 1. The number of carbonyl (C=O) groups excluding carboxylic acids is 2. The zero-order chi connectivity index (χ0) is 22.3. The van der Waals surface area contributed by atoms with Crippen LogP contribution in [0.4, 0.5) is 0 Å². The number of sulfone groups is 1. The monoisotopic (exact) mass is 439 g/mol. The van der Waals surface area contributed by atoms with Gasteiger partial charge in [-0.15, -0.1) is 0 Å². The van der Waals surface area contributed by atoms with Crippen LogP contribution < -0.4 is 9.47 Å². The number of ether oxygens (including phenoxy) is 3. The highest BCUT2D eigenvalue weighted by Gasteiger charge is 2.34. The molecule has 0 radical (unpaired) electrons. The fourth-order valence-electron chi connectivity index (χ4n) is 3.23. The van der Waals surface area contributed by atoms with Crippen molar-refractivity contribution in [1.82, 2.24) is 4.90 Å². The normalized spacial score (nSPS) is 17.8. The molecule has 1 amide bonds. The molecule has 1 aromatic rings. The predicted molar refractivity (Wildman–Crippen MR) is 113 cm³/mol. The van der Waals surface area contributed by atoms with Gasteiger partial charge >= 0.3 is 5.97 Å². The van der Waals surface area contributed by atoms with E-state index in [2.05, 4.69) is 0 Å². The third kappa shape index (κ3) is 6.76. The van der Waals surface area contributed by atoms with E-state index in [0.717, 1.165) is 0 Å². The number of carbonyl (C=O) groups is 2. The molecule has 1 heterocycles. The second-order valence-corrected chi connectivity index (χ2v) is 9.48. The average Bonchev–Trinajstić information content (AvgIpc) is 3.05. The van der Waals surface area contributed by atoms with Crippen molar-refractivity contribution in [3.8, 4) is 11.5 Å². The summed E-state index contributed by atoms with van der Waals surface area (Å²) in [5.41, 5.74) is 0.706. The third-order valence-corrected chi connectivity index (χ3v) is 6.36. The Morgan fingerprint density at radius 1 is 1.27 bits per heavy atom. The molecule has 1 saturated heterocycles. The second kappa shape index (κ2) is 10.5. The molecule has 1 aliphatic heterocycles. The Kier molecular flexibility index (Phi) is 8.28. The van der Waals surface area contributed by atoms with Gasteiger partial charge in [-0.05, 0) is 51.0 Å². The van der Waals surface area contributed by atoms with E-state index >= 15 is 0 Å². The zero-order valence-corrected chi connectivity index (χ0v) is 18.6. The van der Waals surface area contributed by atoms with Gasteiger partial charge in [0.1, 0.15) is 0 Å². The molecule has 0 N–H and O–H groups in total. The van der Waals surface area contributed by atoms with Crippen LogP contribution in [-0.4, -0.2) is 69.1 Å². The van der Waals surface area contributed by atoms with E-state index in [1.54, 1.807) is 31.2 Å². The molecule has 0 aromatic heterocycles. The van der Waals surface area contributed by atoms with E-state index in [1.807, 2.05) is 13.8 Å². The lowest BCUT2D eigenvalue weighted by atomic mass is 10.2. The summed E-state index contributed by atoms with van der Waals surface area (Å²) in [7, 11) is -1.57. The van der Waals surface area contributed by atoms with Crippen molar-refractivity contribution in [3.05, 3.63) is 29.8 Å². The summed E-state index contributed by atoms with van der Waals surface area (Å²) < 4.78 is 39.3. The van der Waals surface area contributed by atoms with Crippen molar-refractivity contribution in [2.24, 2.45) is 0 Å². The molecule has 166 valence electrons. The minimum Gasteiger partial charge on any atom is -0.493 e. The van der Waals surface area contributed by atoms with Crippen LogP contribution in [0.1, 0.15) is 32.8 Å². The molecule has 1 aliphatic rings. The largest absolute Gasteiger partial charge is 0.493 e. The summed E-state index contributed by atoms with van der Waals surface area (Å²) in [5.74, 6) is 0.108. The smallest absolute Gasteiger partial charge is 0.331 e. The van der Waals surface area contributed by atoms with E-state index < -0.39 is 28.3 Å². The molecular formula is C21H29NO7S. The summed E-state index contributed by atoms with van der Waals surface area (Å²) in [4.78, 5) is 25.8. The quantitative estimate of drug-likeness (QED) is 0.429. The number of likely N-dealkylation sites (N-methyl/N-ethyl adjacent to an activating group) is 1. The van der Waals surface area contributed by atoms with Crippen LogP contribution >= 0.6 is 0 Å². The van der Waals surface area contributed by atoms with Crippen molar-refractivity contribution >= 4 is 27.8 Å². The standard InChI is InChI=1S/C21H29NO7S/c1-5-22(17-10-11-30(25,26)14-17)20(23)13-28-21(24)9-7-16-6-8-18(29-15(2)3)19(12-16)27-4/h6-9,12,15,17H,5,10-11,13-14H2,1-4H3/b9-7+. The predicted octanol–water partition coefficient (Wildman–Crippen LogP) is 2.07. The van der Waals surface area contributed by atoms with Crippen molar-refractivity contribution in [3.63, 3.8) is 0 Å². The highest BCUT2D eigenvalue weighted by atomic mass is 32.2. The average molecular weight is 440 g/mol. The molecule has 1 unspecified atom stereocenters. The summed E-state index contributed by atoms with van der Waals surface area (Å²) in [6.07, 6.45) is 3.19. The molecule has 0 spiro atoms. The first-order valence-electron chi connectivity index (χ1n) is 9.84. The van der Waals surface area contributed by atoms with Crippen LogP contribution in [0.3, 0.4) is 0 Å². The molecule has 1 fully saturated rings. The third-order valence-electron chi connectivity index (χ3n) is 4.61. The Balaban J connectivity index is 1.92. The van der Waals surface area contributed by atoms with Gasteiger partial charge in [-0.3, -0.25) is 4.79 Å². The van der Waals surface area contributed by atoms with Crippen LogP contribution in [0.5, 0.6) is 11.5 Å². The second-order valence-electron chi connectivity index (χ2n) is 7.25. The van der Waals surface area contributed by atoms with Crippen molar-refractivity contribution in [1.29, 1.82) is 0 Å². The molecule has 30 heavy (non-hydrogen) atoms. The number of rotatable bonds is 9. The zero-order valence-electron chi connectivity index (χ0n) is 17.8. The van der Waals surface area contributed by atoms with Crippen molar-refractivity contribution in [2.75, 3.05) is 31.8 Å². The first kappa shape index (κ1) is 23.7. The maximum atomic E-state index is 12.4. The van der Waals surface area contributed by atoms with Gasteiger partial charge < -0.3 is 19.1 Å². The van der Waals surface area contributed by atoms with Crippen LogP contribution in [-0.2, 0) is 24.2 Å². The molecule has 8 nitrogen and oxygen atoms in total. The first-order valence-corrected chi connectivity index (χ1v) is 11.7. The van der Waals surface area contributed by atoms with E-state index in [1.165, 1.54) is 18.1 Å². The summed E-state index contributed by atoms with van der Waals surface area (Å²) in [6, 6.07) is 4.89. The number of esters is 1. The highest BCUT2D eigenvalue weighted by Crippen LogP contribution is 2.29. The number of methoxy groups -OCH3 is 1. The Labute approximate surface area is 177 Å². The highest BCUT2D eigenvalue weighted by molar-refractivity contribution is 7.91. The lowest BCUT2D eigenvalue weighted by Crippen LogP contribution is -2.43. The Morgan fingerprint density at radius 2 is 2.00 bits per heavy atom. The van der Waals surface area contributed by atoms with Gasteiger partial charge in [0.05, 0.1) is 24.7 Å². The van der Waals surface area contributed by atoms with Gasteiger partial charge in [-0.2, -0.15) is 0 Å².